The minimum absolute atomic E-state index is 0.118. The Morgan fingerprint density at radius 3 is 2.48 bits per heavy atom. The highest BCUT2D eigenvalue weighted by Crippen LogP contribution is 2.24. The van der Waals surface area contributed by atoms with E-state index in [0.717, 1.165) is 35.7 Å². The molecule has 0 unspecified atom stereocenters. The number of amides is 1. The number of likely N-dealkylation sites (N-methyl/N-ethyl adjacent to an activating group) is 1. The van der Waals surface area contributed by atoms with Gasteiger partial charge in [-0.1, -0.05) is 18.2 Å². The van der Waals surface area contributed by atoms with Crippen LogP contribution in [0.4, 0.5) is 0 Å². The molecule has 25 heavy (non-hydrogen) atoms. The van der Waals surface area contributed by atoms with Crippen LogP contribution in [0.3, 0.4) is 0 Å². The Bertz CT molecular complexity index is 756. The van der Waals surface area contributed by atoms with Crippen LogP contribution >= 0.6 is 0 Å². The smallest absolute Gasteiger partial charge is 0.255 e. The molecule has 1 aromatic carbocycles. The summed E-state index contributed by atoms with van der Waals surface area (Å²) in [7, 11) is 1.91. The van der Waals surface area contributed by atoms with Gasteiger partial charge in [-0.2, -0.15) is 0 Å². The first kappa shape index (κ1) is 17.7. The quantitative estimate of drug-likeness (QED) is 0.833. The maximum Gasteiger partial charge on any atom is 0.255 e. The predicted molar refractivity (Wildman–Crippen MR) is 103 cm³/mol. The van der Waals surface area contributed by atoms with E-state index in [9.17, 15) is 4.79 Å². The Morgan fingerprint density at radius 1 is 1.12 bits per heavy atom. The molecule has 1 aliphatic heterocycles. The summed E-state index contributed by atoms with van der Waals surface area (Å²) in [5.74, 6) is 0.118. The van der Waals surface area contributed by atoms with Crippen molar-refractivity contribution in [3.05, 3.63) is 52.8 Å². The molecular weight excluding hydrogens is 310 g/mol. The van der Waals surface area contributed by atoms with Gasteiger partial charge in [0, 0.05) is 37.2 Å². The zero-order valence-corrected chi connectivity index (χ0v) is 15.9. The van der Waals surface area contributed by atoms with Crippen molar-refractivity contribution in [3.8, 4) is 5.69 Å². The van der Waals surface area contributed by atoms with Crippen LogP contribution in [-0.4, -0.2) is 53.5 Å². The zero-order chi connectivity index (χ0) is 18.0. The second-order valence-corrected chi connectivity index (χ2v) is 7.18. The van der Waals surface area contributed by atoms with Crippen molar-refractivity contribution >= 4 is 5.91 Å². The summed E-state index contributed by atoms with van der Waals surface area (Å²) in [5.41, 5.74) is 5.29. The average Bonchev–Trinajstić information content (AvgIpc) is 3.21. The summed E-state index contributed by atoms with van der Waals surface area (Å²) in [4.78, 5) is 17.3. The molecule has 134 valence electrons. The maximum absolute atomic E-state index is 12.9. The molecule has 1 amide bonds. The molecule has 3 rings (SSSR count). The van der Waals surface area contributed by atoms with Crippen LogP contribution in [-0.2, 0) is 0 Å². The van der Waals surface area contributed by atoms with Gasteiger partial charge in [0.15, 0.2) is 0 Å². The lowest BCUT2D eigenvalue weighted by molar-refractivity contribution is 0.0781. The number of hydrogen-bond donors (Lipinski definition) is 0. The van der Waals surface area contributed by atoms with Crippen LogP contribution < -0.4 is 0 Å². The van der Waals surface area contributed by atoms with E-state index >= 15 is 0 Å². The second-order valence-electron chi connectivity index (χ2n) is 7.18. The number of aryl methyl sites for hydroxylation is 2. The fraction of sp³-hybridized carbons (Fsp3) is 0.476. The van der Waals surface area contributed by atoms with Crippen LogP contribution in [0, 0.1) is 20.8 Å². The number of rotatable bonds is 5. The van der Waals surface area contributed by atoms with Gasteiger partial charge in [-0.3, -0.25) is 4.79 Å². The Labute approximate surface area is 151 Å². The molecule has 2 aromatic rings. The van der Waals surface area contributed by atoms with Crippen molar-refractivity contribution < 1.29 is 4.79 Å². The van der Waals surface area contributed by atoms with Gasteiger partial charge in [-0.25, -0.2) is 0 Å². The molecule has 1 saturated heterocycles. The van der Waals surface area contributed by atoms with Gasteiger partial charge in [0.1, 0.15) is 0 Å². The number of carbonyl (C=O) groups excluding carboxylic acids is 1. The third kappa shape index (κ3) is 3.64. The third-order valence-electron chi connectivity index (χ3n) is 5.31. The summed E-state index contributed by atoms with van der Waals surface area (Å²) in [6.07, 6.45) is 2.57. The van der Waals surface area contributed by atoms with E-state index in [1.807, 2.05) is 37.1 Å². The number of carbonyl (C=O) groups is 1. The minimum atomic E-state index is 0.118. The number of benzene rings is 1. The molecule has 1 aromatic heterocycles. The van der Waals surface area contributed by atoms with E-state index in [1.54, 1.807) is 0 Å². The summed E-state index contributed by atoms with van der Waals surface area (Å²) in [6, 6.07) is 10.3. The first-order valence-electron chi connectivity index (χ1n) is 9.22. The van der Waals surface area contributed by atoms with Crippen LogP contribution in [0.5, 0.6) is 0 Å². The van der Waals surface area contributed by atoms with Gasteiger partial charge in [0.25, 0.3) is 5.91 Å². The van der Waals surface area contributed by atoms with Crippen LogP contribution in [0.1, 0.15) is 40.2 Å². The van der Waals surface area contributed by atoms with Gasteiger partial charge in [0.05, 0.1) is 5.56 Å². The standard InChI is InChI=1S/C21H29N3O/c1-16-9-5-6-10-20(16)24-17(2)15-19(18(24)3)21(25)22(4)13-14-23-11-7-8-12-23/h5-6,9-10,15H,7-8,11-14H2,1-4H3. The van der Waals surface area contributed by atoms with Gasteiger partial charge in [-0.15, -0.1) is 0 Å². The Balaban J connectivity index is 1.79. The van der Waals surface area contributed by atoms with E-state index in [-0.39, 0.29) is 5.91 Å². The van der Waals surface area contributed by atoms with Crippen molar-refractivity contribution in [2.24, 2.45) is 0 Å². The monoisotopic (exact) mass is 339 g/mol. The highest BCUT2D eigenvalue weighted by Gasteiger charge is 2.21. The predicted octanol–water partition coefficient (Wildman–Crippen LogP) is 3.57. The van der Waals surface area contributed by atoms with Crippen molar-refractivity contribution in [3.63, 3.8) is 0 Å². The number of aromatic nitrogens is 1. The Kier molecular flexibility index (Phi) is 5.28. The molecule has 0 saturated carbocycles. The lowest BCUT2D eigenvalue weighted by atomic mass is 10.2. The molecule has 1 fully saturated rings. The third-order valence-corrected chi connectivity index (χ3v) is 5.31. The maximum atomic E-state index is 12.9. The van der Waals surface area contributed by atoms with E-state index in [2.05, 4.69) is 35.4 Å². The topological polar surface area (TPSA) is 28.5 Å². The molecule has 4 heteroatoms. The summed E-state index contributed by atoms with van der Waals surface area (Å²) in [5, 5.41) is 0. The van der Waals surface area contributed by atoms with Gasteiger partial charge in [0.2, 0.25) is 0 Å². The number of nitrogens with zero attached hydrogens (tertiary/aromatic N) is 3. The SMILES string of the molecule is Cc1ccccc1-n1c(C)cc(C(=O)N(C)CCN2CCCC2)c1C. The lowest BCUT2D eigenvalue weighted by Crippen LogP contribution is -2.35. The average molecular weight is 339 g/mol. The molecule has 4 nitrogen and oxygen atoms in total. The summed E-state index contributed by atoms with van der Waals surface area (Å²) < 4.78 is 2.19. The molecule has 0 bridgehead atoms. The highest BCUT2D eigenvalue weighted by atomic mass is 16.2. The Morgan fingerprint density at radius 2 is 1.80 bits per heavy atom. The summed E-state index contributed by atoms with van der Waals surface area (Å²) >= 11 is 0. The van der Waals surface area contributed by atoms with E-state index in [1.165, 1.54) is 31.5 Å². The van der Waals surface area contributed by atoms with E-state index in [4.69, 9.17) is 0 Å². The molecule has 0 spiro atoms. The Hall–Kier alpha value is -2.07. The van der Waals surface area contributed by atoms with E-state index in [0.29, 0.717) is 0 Å². The molecule has 0 aliphatic carbocycles. The molecule has 2 heterocycles. The largest absolute Gasteiger partial charge is 0.340 e. The molecule has 0 N–H and O–H groups in total. The fourth-order valence-corrected chi connectivity index (χ4v) is 3.77. The lowest BCUT2D eigenvalue weighted by Gasteiger charge is -2.21. The second kappa shape index (κ2) is 7.44. The van der Waals surface area contributed by atoms with Crippen LogP contribution in [0.25, 0.3) is 5.69 Å². The highest BCUT2D eigenvalue weighted by molar-refractivity contribution is 5.95. The van der Waals surface area contributed by atoms with Crippen LogP contribution in [0.2, 0.25) is 0 Å². The van der Waals surface area contributed by atoms with Crippen molar-refractivity contribution in [1.82, 2.24) is 14.4 Å². The molecule has 1 aliphatic rings. The summed E-state index contributed by atoms with van der Waals surface area (Å²) in [6.45, 7) is 10.3. The van der Waals surface area contributed by atoms with Gasteiger partial charge in [-0.05, 0) is 64.4 Å². The zero-order valence-electron chi connectivity index (χ0n) is 15.9. The minimum Gasteiger partial charge on any atom is -0.340 e. The number of hydrogen-bond acceptors (Lipinski definition) is 2. The normalized spacial score (nSPS) is 14.9. The van der Waals surface area contributed by atoms with Crippen molar-refractivity contribution in [2.45, 2.75) is 33.6 Å². The van der Waals surface area contributed by atoms with Gasteiger partial charge >= 0.3 is 0 Å². The first-order valence-corrected chi connectivity index (χ1v) is 9.22. The van der Waals surface area contributed by atoms with Crippen LogP contribution in [0.15, 0.2) is 30.3 Å². The molecular formula is C21H29N3O. The fourth-order valence-electron chi connectivity index (χ4n) is 3.77. The van der Waals surface area contributed by atoms with Gasteiger partial charge < -0.3 is 14.4 Å². The molecule has 0 radical (unpaired) electrons. The first-order chi connectivity index (χ1) is 12.0. The molecule has 0 atom stereocenters. The number of likely N-dealkylation sites (tertiary alicyclic amines) is 1. The van der Waals surface area contributed by atoms with E-state index < -0.39 is 0 Å². The van der Waals surface area contributed by atoms with Crippen molar-refractivity contribution in [1.29, 1.82) is 0 Å². The number of para-hydroxylation sites is 1. The van der Waals surface area contributed by atoms with Crippen molar-refractivity contribution in [2.75, 3.05) is 33.2 Å².